The quantitative estimate of drug-likeness (QED) is 0.262. The second-order valence-electron chi connectivity index (χ2n) is 9.78. The molecular formula is C30H25F4N3O3S. The number of alkyl halides is 3. The van der Waals surface area contributed by atoms with Crippen molar-refractivity contribution in [1.29, 1.82) is 0 Å². The van der Waals surface area contributed by atoms with Crippen molar-refractivity contribution in [2.75, 3.05) is 26.2 Å². The minimum atomic E-state index is -4.47. The summed E-state index contributed by atoms with van der Waals surface area (Å²) in [4.78, 5) is 43.8. The molecule has 3 amide bonds. The normalized spacial score (nSPS) is 17.5. The second-order valence-corrected chi connectivity index (χ2v) is 10.8. The van der Waals surface area contributed by atoms with Gasteiger partial charge < -0.3 is 4.90 Å². The van der Waals surface area contributed by atoms with Gasteiger partial charge in [0.25, 0.3) is 17.1 Å². The minimum Gasteiger partial charge on any atom is -0.336 e. The fraction of sp³-hybridized carbons (Fsp3) is 0.233. The SMILES string of the molecule is O=C(c1cccc(/C=C2\SC(=O)N(Cc3ccc(C(F)(F)F)cc3)C2=O)c1)N1CCN(Cc2ccc(F)cc2)CC1. The molecule has 5 rings (SSSR count). The summed E-state index contributed by atoms with van der Waals surface area (Å²) in [5.74, 6) is -0.967. The van der Waals surface area contributed by atoms with Crippen molar-refractivity contribution < 1.29 is 31.9 Å². The molecule has 41 heavy (non-hydrogen) atoms. The Labute approximate surface area is 238 Å². The monoisotopic (exact) mass is 583 g/mol. The summed E-state index contributed by atoms with van der Waals surface area (Å²) in [5.41, 5.74) is 1.62. The van der Waals surface area contributed by atoms with E-state index in [9.17, 15) is 31.9 Å². The zero-order valence-corrected chi connectivity index (χ0v) is 22.6. The highest BCUT2D eigenvalue weighted by Gasteiger charge is 2.35. The molecule has 2 fully saturated rings. The zero-order valence-electron chi connectivity index (χ0n) is 21.7. The van der Waals surface area contributed by atoms with Crippen LogP contribution < -0.4 is 0 Å². The van der Waals surface area contributed by atoms with Crippen LogP contribution in [0.2, 0.25) is 0 Å². The van der Waals surface area contributed by atoms with Gasteiger partial charge in [0, 0.05) is 38.3 Å². The second kappa shape index (κ2) is 11.9. The smallest absolute Gasteiger partial charge is 0.336 e. The predicted molar refractivity (Wildman–Crippen MR) is 147 cm³/mol. The van der Waals surface area contributed by atoms with E-state index >= 15 is 0 Å². The highest BCUT2D eigenvalue weighted by Crippen LogP contribution is 2.34. The summed E-state index contributed by atoms with van der Waals surface area (Å²) in [6, 6.07) is 17.5. The number of amides is 3. The van der Waals surface area contributed by atoms with E-state index in [0.29, 0.717) is 49.4 Å². The molecule has 11 heteroatoms. The molecule has 2 aliphatic heterocycles. The van der Waals surface area contributed by atoms with E-state index in [1.807, 2.05) is 0 Å². The van der Waals surface area contributed by atoms with Crippen LogP contribution in [0.25, 0.3) is 6.08 Å². The van der Waals surface area contributed by atoms with Crippen LogP contribution in [-0.2, 0) is 24.1 Å². The fourth-order valence-corrected chi connectivity index (χ4v) is 5.51. The number of rotatable bonds is 6. The summed E-state index contributed by atoms with van der Waals surface area (Å²) >= 11 is 0.744. The van der Waals surface area contributed by atoms with Gasteiger partial charge in [-0.15, -0.1) is 0 Å². The minimum absolute atomic E-state index is 0.142. The van der Waals surface area contributed by atoms with Crippen LogP contribution in [0, 0.1) is 5.82 Å². The van der Waals surface area contributed by atoms with Gasteiger partial charge in [-0.2, -0.15) is 13.2 Å². The summed E-state index contributed by atoms with van der Waals surface area (Å²) in [6.45, 7) is 2.95. The average Bonchev–Trinajstić information content (AvgIpc) is 3.21. The van der Waals surface area contributed by atoms with E-state index in [1.54, 1.807) is 41.3 Å². The number of halogens is 4. The van der Waals surface area contributed by atoms with Crippen LogP contribution in [0.15, 0.2) is 77.7 Å². The molecule has 0 N–H and O–H groups in total. The third-order valence-electron chi connectivity index (χ3n) is 6.91. The van der Waals surface area contributed by atoms with Gasteiger partial charge in [-0.3, -0.25) is 24.2 Å². The van der Waals surface area contributed by atoms with Crippen LogP contribution in [-0.4, -0.2) is 57.9 Å². The molecule has 2 heterocycles. The first-order chi connectivity index (χ1) is 19.6. The van der Waals surface area contributed by atoms with E-state index in [1.165, 1.54) is 30.3 Å². The number of carbonyl (C=O) groups excluding carboxylic acids is 3. The van der Waals surface area contributed by atoms with Gasteiger partial charge in [0.05, 0.1) is 17.0 Å². The molecule has 0 bridgehead atoms. The molecule has 2 aliphatic rings. The molecule has 0 spiro atoms. The number of thioether (sulfide) groups is 1. The van der Waals surface area contributed by atoms with Crippen molar-refractivity contribution in [3.63, 3.8) is 0 Å². The third kappa shape index (κ3) is 6.86. The van der Waals surface area contributed by atoms with Crippen LogP contribution in [0.3, 0.4) is 0 Å². The van der Waals surface area contributed by atoms with Crippen molar-refractivity contribution in [3.05, 3.63) is 111 Å². The lowest BCUT2D eigenvalue weighted by atomic mass is 10.1. The number of hydrogen-bond acceptors (Lipinski definition) is 5. The van der Waals surface area contributed by atoms with Crippen LogP contribution in [0.4, 0.5) is 22.4 Å². The summed E-state index contributed by atoms with van der Waals surface area (Å²) in [6.07, 6.45) is -2.94. The first-order valence-corrected chi connectivity index (χ1v) is 13.7. The third-order valence-corrected chi connectivity index (χ3v) is 7.81. The zero-order chi connectivity index (χ0) is 29.1. The maximum absolute atomic E-state index is 13.2. The molecule has 0 saturated carbocycles. The van der Waals surface area contributed by atoms with Crippen LogP contribution >= 0.6 is 11.8 Å². The lowest BCUT2D eigenvalue weighted by Crippen LogP contribution is -2.48. The van der Waals surface area contributed by atoms with E-state index in [-0.39, 0.29) is 23.2 Å². The van der Waals surface area contributed by atoms with Gasteiger partial charge in [0.1, 0.15) is 5.82 Å². The number of hydrogen-bond donors (Lipinski definition) is 0. The maximum atomic E-state index is 13.2. The maximum Gasteiger partial charge on any atom is 0.416 e. The fourth-order valence-electron chi connectivity index (χ4n) is 4.67. The summed E-state index contributed by atoms with van der Waals surface area (Å²) in [7, 11) is 0. The largest absolute Gasteiger partial charge is 0.416 e. The standard InChI is InChI=1S/C30H25F4N3O3S/c31-25-10-6-20(7-11-25)18-35-12-14-36(15-13-35)27(38)23-3-1-2-22(16-23)17-26-28(39)37(29(40)41-26)19-21-4-8-24(9-5-21)30(32,33)34/h1-11,16-17H,12-15,18-19H2/b26-17-. The first kappa shape index (κ1) is 28.6. The number of benzene rings is 3. The summed E-state index contributed by atoms with van der Waals surface area (Å²) in [5, 5.41) is -0.521. The Morgan fingerprint density at radius 2 is 1.49 bits per heavy atom. The first-order valence-electron chi connectivity index (χ1n) is 12.8. The summed E-state index contributed by atoms with van der Waals surface area (Å²) < 4.78 is 51.6. The van der Waals surface area contributed by atoms with Gasteiger partial charge in [0.15, 0.2) is 0 Å². The molecule has 2 saturated heterocycles. The molecule has 3 aromatic rings. The van der Waals surface area contributed by atoms with E-state index < -0.39 is 22.9 Å². The highest BCUT2D eigenvalue weighted by molar-refractivity contribution is 8.18. The molecule has 0 unspecified atom stereocenters. The van der Waals surface area contributed by atoms with Crippen molar-refractivity contribution in [2.24, 2.45) is 0 Å². The van der Waals surface area contributed by atoms with Crippen molar-refractivity contribution >= 4 is 34.9 Å². The Bertz CT molecular complexity index is 1480. The number of imide groups is 1. The van der Waals surface area contributed by atoms with Crippen LogP contribution in [0.1, 0.15) is 32.6 Å². The van der Waals surface area contributed by atoms with Gasteiger partial charge in [0.2, 0.25) is 0 Å². The average molecular weight is 584 g/mol. The molecule has 0 radical (unpaired) electrons. The van der Waals surface area contributed by atoms with Crippen molar-refractivity contribution in [1.82, 2.24) is 14.7 Å². The van der Waals surface area contributed by atoms with Crippen LogP contribution in [0.5, 0.6) is 0 Å². The van der Waals surface area contributed by atoms with Gasteiger partial charge in [-0.1, -0.05) is 36.4 Å². The predicted octanol–water partition coefficient (Wildman–Crippen LogP) is 6.04. The lowest BCUT2D eigenvalue weighted by molar-refractivity contribution is -0.137. The topological polar surface area (TPSA) is 60.9 Å². The van der Waals surface area contributed by atoms with Crippen molar-refractivity contribution in [2.45, 2.75) is 19.3 Å². The molecule has 0 aliphatic carbocycles. The highest BCUT2D eigenvalue weighted by atomic mass is 32.2. The van der Waals surface area contributed by atoms with Gasteiger partial charge in [-0.25, -0.2) is 4.39 Å². The lowest BCUT2D eigenvalue weighted by Gasteiger charge is -2.34. The molecule has 212 valence electrons. The Hall–Kier alpha value is -3.96. The Morgan fingerprint density at radius 1 is 0.854 bits per heavy atom. The number of piperazine rings is 1. The molecule has 3 aromatic carbocycles. The van der Waals surface area contributed by atoms with E-state index in [4.69, 9.17) is 0 Å². The number of carbonyl (C=O) groups is 3. The Morgan fingerprint density at radius 3 is 2.15 bits per heavy atom. The molecular weight excluding hydrogens is 558 g/mol. The Kier molecular flexibility index (Phi) is 8.27. The van der Waals surface area contributed by atoms with E-state index in [2.05, 4.69) is 4.90 Å². The van der Waals surface area contributed by atoms with Gasteiger partial charge >= 0.3 is 6.18 Å². The Balaban J connectivity index is 1.20. The molecule has 0 aromatic heterocycles. The molecule has 0 atom stereocenters. The number of nitrogens with zero attached hydrogens (tertiary/aromatic N) is 3. The van der Waals surface area contributed by atoms with Crippen molar-refractivity contribution in [3.8, 4) is 0 Å². The van der Waals surface area contributed by atoms with E-state index in [0.717, 1.165) is 34.4 Å². The van der Waals surface area contributed by atoms with Gasteiger partial charge in [-0.05, 0) is 70.9 Å². The molecule has 6 nitrogen and oxygen atoms in total.